The molecule has 1 unspecified atom stereocenters. The fourth-order valence-electron chi connectivity index (χ4n) is 3.30. The van der Waals surface area contributed by atoms with Gasteiger partial charge in [-0.3, -0.25) is 4.79 Å². The van der Waals surface area contributed by atoms with Crippen LogP contribution in [0.4, 0.5) is 0 Å². The van der Waals surface area contributed by atoms with Crippen LogP contribution >= 0.6 is 0 Å². The summed E-state index contributed by atoms with van der Waals surface area (Å²) in [5, 5.41) is 11.8. The van der Waals surface area contributed by atoms with Gasteiger partial charge in [-0.15, -0.1) is 0 Å². The van der Waals surface area contributed by atoms with E-state index < -0.39 is 6.10 Å². The van der Waals surface area contributed by atoms with Gasteiger partial charge < -0.3 is 15.0 Å². The number of hydrogen-bond acceptors (Lipinski definition) is 4. The number of nitriles is 1. The molecule has 0 aliphatic rings. The zero-order valence-corrected chi connectivity index (χ0v) is 18.1. The number of nitrogens with one attached hydrogen (secondary N) is 1. The van der Waals surface area contributed by atoms with Crippen molar-refractivity contribution in [3.05, 3.63) is 89.5 Å². The minimum atomic E-state index is -0.648. The molecule has 0 heterocycles. The average molecular weight is 414 g/mol. The van der Waals surface area contributed by atoms with Crippen LogP contribution in [0.3, 0.4) is 0 Å². The molecule has 3 rings (SSSR count). The van der Waals surface area contributed by atoms with Crippen LogP contribution in [0.1, 0.15) is 23.6 Å². The van der Waals surface area contributed by atoms with Crippen LogP contribution in [-0.2, 0) is 17.9 Å². The van der Waals surface area contributed by atoms with Crippen molar-refractivity contribution in [2.24, 2.45) is 0 Å². The Morgan fingerprint density at radius 1 is 1.03 bits per heavy atom. The summed E-state index contributed by atoms with van der Waals surface area (Å²) >= 11 is 0. The molecule has 1 N–H and O–H groups in total. The lowest BCUT2D eigenvalue weighted by molar-refractivity contribution is -0.127. The van der Waals surface area contributed by atoms with E-state index in [9.17, 15) is 4.79 Å². The van der Waals surface area contributed by atoms with E-state index in [0.29, 0.717) is 17.9 Å². The van der Waals surface area contributed by atoms with Crippen LogP contribution in [0.2, 0.25) is 0 Å². The largest absolute Gasteiger partial charge is 0.481 e. The van der Waals surface area contributed by atoms with Gasteiger partial charge >= 0.3 is 0 Å². The Morgan fingerprint density at radius 2 is 1.71 bits per heavy atom. The van der Waals surface area contributed by atoms with Crippen molar-refractivity contribution in [1.82, 2.24) is 10.2 Å². The van der Waals surface area contributed by atoms with Crippen molar-refractivity contribution in [2.45, 2.75) is 26.1 Å². The second-order valence-electron chi connectivity index (χ2n) is 7.71. The van der Waals surface area contributed by atoms with Gasteiger partial charge in [-0.2, -0.15) is 5.26 Å². The lowest BCUT2D eigenvalue weighted by Crippen LogP contribution is -2.36. The monoisotopic (exact) mass is 413 g/mol. The third kappa shape index (κ3) is 6.18. The SMILES string of the molecule is CC(Oc1ccc(C#N)cc1)C(=O)NCc1ccccc1-c1ccc(CN(C)C)cc1. The molecule has 5 nitrogen and oxygen atoms in total. The van der Waals surface area contributed by atoms with Crippen molar-refractivity contribution in [1.29, 1.82) is 5.26 Å². The van der Waals surface area contributed by atoms with Gasteiger partial charge in [0.2, 0.25) is 0 Å². The maximum atomic E-state index is 12.5. The minimum Gasteiger partial charge on any atom is -0.481 e. The highest BCUT2D eigenvalue weighted by molar-refractivity contribution is 5.81. The first-order valence-electron chi connectivity index (χ1n) is 10.2. The van der Waals surface area contributed by atoms with Crippen LogP contribution in [-0.4, -0.2) is 31.0 Å². The molecule has 0 aliphatic carbocycles. The molecule has 0 spiro atoms. The fraction of sp³-hybridized carbons (Fsp3) is 0.231. The maximum Gasteiger partial charge on any atom is 0.261 e. The normalized spacial score (nSPS) is 11.6. The van der Waals surface area contributed by atoms with Crippen LogP contribution in [0.5, 0.6) is 5.75 Å². The molecule has 0 bridgehead atoms. The third-order valence-electron chi connectivity index (χ3n) is 4.90. The number of rotatable bonds is 8. The van der Waals surface area contributed by atoms with Gasteiger partial charge in [0.1, 0.15) is 5.75 Å². The highest BCUT2D eigenvalue weighted by atomic mass is 16.5. The highest BCUT2D eigenvalue weighted by Crippen LogP contribution is 2.24. The summed E-state index contributed by atoms with van der Waals surface area (Å²) in [6.45, 7) is 3.02. The number of hydrogen-bond donors (Lipinski definition) is 1. The molecule has 0 saturated heterocycles. The third-order valence-corrected chi connectivity index (χ3v) is 4.90. The Balaban J connectivity index is 1.63. The molecule has 3 aromatic rings. The van der Waals surface area contributed by atoms with E-state index in [1.54, 1.807) is 31.2 Å². The quantitative estimate of drug-likeness (QED) is 0.596. The topological polar surface area (TPSA) is 65.4 Å². The van der Waals surface area contributed by atoms with E-state index in [1.807, 2.05) is 18.2 Å². The Kier molecular flexibility index (Phi) is 7.42. The summed E-state index contributed by atoms with van der Waals surface area (Å²) < 4.78 is 5.70. The summed E-state index contributed by atoms with van der Waals surface area (Å²) in [5.74, 6) is 0.361. The van der Waals surface area contributed by atoms with Gasteiger partial charge in [0.15, 0.2) is 6.10 Å². The predicted octanol–water partition coefficient (Wildman–Crippen LogP) is 4.37. The Labute approximate surface area is 183 Å². The van der Waals surface area contributed by atoms with Gasteiger partial charge in [-0.1, -0.05) is 48.5 Å². The molecule has 3 aromatic carbocycles. The molecule has 158 valence electrons. The molecular formula is C26H27N3O2. The van der Waals surface area contributed by atoms with Crippen LogP contribution in [0.15, 0.2) is 72.8 Å². The molecule has 0 radical (unpaired) electrons. The molecule has 5 heteroatoms. The van der Waals surface area contributed by atoms with E-state index in [4.69, 9.17) is 10.00 Å². The highest BCUT2D eigenvalue weighted by Gasteiger charge is 2.15. The molecule has 31 heavy (non-hydrogen) atoms. The first-order valence-corrected chi connectivity index (χ1v) is 10.2. The van der Waals surface area contributed by atoms with E-state index in [1.165, 1.54) is 5.56 Å². The summed E-state index contributed by atoms with van der Waals surface area (Å²) in [6, 6.07) is 25.4. The van der Waals surface area contributed by atoms with Gasteiger partial charge in [0.05, 0.1) is 11.6 Å². The van der Waals surface area contributed by atoms with Gasteiger partial charge in [0.25, 0.3) is 5.91 Å². The van der Waals surface area contributed by atoms with E-state index in [0.717, 1.165) is 23.2 Å². The van der Waals surface area contributed by atoms with E-state index in [2.05, 4.69) is 60.7 Å². The minimum absolute atomic E-state index is 0.194. The number of carbonyl (C=O) groups is 1. The summed E-state index contributed by atoms with van der Waals surface area (Å²) in [5.41, 5.74) is 5.07. The van der Waals surface area contributed by atoms with Crippen LogP contribution < -0.4 is 10.1 Å². The second kappa shape index (κ2) is 10.4. The molecular weight excluding hydrogens is 386 g/mol. The standard InChI is InChI=1S/C26H27N3O2/c1-19(31-24-14-10-20(16-27)11-15-24)26(30)28-17-23-6-4-5-7-25(23)22-12-8-21(9-13-22)18-29(2)3/h4-15,19H,17-18H2,1-3H3,(H,28,30). The maximum absolute atomic E-state index is 12.5. The molecule has 0 aliphatic heterocycles. The number of benzene rings is 3. The summed E-state index contributed by atoms with van der Waals surface area (Å²) in [4.78, 5) is 14.7. The average Bonchev–Trinajstić information content (AvgIpc) is 2.78. The number of amides is 1. The molecule has 0 fully saturated rings. The Morgan fingerprint density at radius 3 is 2.35 bits per heavy atom. The molecule has 0 aromatic heterocycles. The lowest BCUT2D eigenvalue weighted by Gasteiger charge is -2.16. The summed E-state index contributed by atoms with van der Waals surface area (Å²) in [6.07, 6.45) is -0.648. The first kappa shape index (κ1) is 22.1. The van der Waals surface area contributed by atoms with Gasteiger partial charge in [-0.05, 0) is 67.5 Å². The van der Waals surface area contributed by atoms with Crippen molar-refractivity contribution in [3.63, 3.8) is 0 Å². The van der Waals surface area contributed by atoms with Crippen molar-refractivity contribution in [2.75, 3.05) is 14.1 Å². The number of nitrogens with zero attached hydrogens (tertiary/aromatic N) is 2. The zero-order chi connectivity index (χ0) is 22.2. The van der Waals surface area contributed by atoms with Gasteiger partial charge in [-0.25, -0.2) is 0 Å². The molecule has 1 amide bonds. The van der Waals surface area contributed by atoms with E-state index in [-0.39, 0.29) is 5.91 Å². The van der Waals surface area contributed by atoms with Crippen LogP contribution in [0, 0.1) is 11.3 Å². The predicted molar refractivity (Wildman–Crippen MR) is 122 cm³/mol. The Hall–Kier alpha value is -3.62. The second-order valence-corrected chi connectivity index (χ2v) is 7.71. The summed E-state index contributed by atoms with van der Waals surface area (Å²) in [7, 11) is 4.11. The first-order chi connectivity index (χ1) is 15.0. The molecule has 0 saturated carbocycles. The number of ether oxygens (including phenoxy) is 1. The van der Waals surface area contributed by atoms with Crippen molar-refractivity contribution < 1.29 is 9.53 Å². The smallest absolute Gasteiger partial charge is 0.261 e. The van der Waals surface area contributed by atoms with Gasteiger partial charge in [0, 0.05) is 13.1 Å². The van der Waals surface area contributed by atoms with Crippen molar-refractivity contribution >= 4 is 5.91 Å². The van der Waals surface area contributed by atoms with Crippen molar-refractivity contribution in [3.8, 4) is 22.9 Å². The van der Waals surface area contributed by atoms with Crippen LogP contribution in [0.25, 0.3) is 11.1 Å². The molecule has 1 atom stereocenters. The van der Waals surface area contributed by atoms with E-state index >= 15 is 0 Å². The number of carbonyl (C=O) groups excluding carboxylic acids is 1. The zero-order valence-electron chi connectivity index (χ0n) is 18.1. The fourth-order valence-corrected chi connectivity index (χ4v) is 3.30. The lowest BCUT2D eigenvalue weighted by atomic mass is 9.98. The Bertz CT molecular complexity index is 1050.